The minimum atomic E-state index is -0.505. The van der Waals surface area contributed by atoms with E-state index >= 15 is 4.39 Å². The highest BCUT2D eigenvalue weighted by Crippen LogP contribution is 2.44. The number of carbonyl (C=O) groups excluding carboxylic acids is 2. The first-order valence-corrected chi connectivity index (χ1v) is 13.9. The lowest BCUT2D eigenvalue weighted by Crippen LogP contribution is -2.25. The molecule has 3 aromatic heterocycles. The molecule has 9 nitrogen and oxygen atoms in total. The molecule has 1 aliphatic carbocycles. The van der Waals surface area contributed by atoms with E-state index in [1.54, 1.807) is 29.2 Å². The van der Waals surface area contributed by atoms with Gasteiger partial charge in [-0.3, -0.25) is 14.6 Å². The first-order chi connectivity index (χ1) is 19.0. The van der Waals surface area contributed by atoms with Gasteiger partial charge in [0.25, 0.3) is 0 Å². The molecule has 2 aliphatic rings. The zero-order valence-corrected chi connectivity index (χ0v) is 22.4. The summed E-state index contributed by atoms with van der Waals surface area (Å²) >= 11 is 1.35. The predicted molar refractivity (Wildman–Crippen MR) is 148 cm³/mol. The number of carbonyl (C=O) groups is 2. The number of aryl methyl sites for hydroxylation is 1. The molecule has 0 bridgehead atoms. The third-order valence-corrected chi connectivity index (χ3v) is 8.06. The largest absolute Gasteiger partial charge is 0.326 e. The fourth-order valence-corrected chi connectivity index (χ4v) is 6.34. The number of amides is 2. The Balaban J connectivity index is 1.35. The average Bonchev–Trinajstić information content (AvgIpc) is 3.66. The van der Waals surface area contributed by atoms with Crippen LogP contribution in [-0.4, -0.2) is 56.1 Å². The van der Waals surface area contributed by atoms with Crippen LogP contribution in [0.2, 0.25) is 0 Å². The molecule has 0 unspecified atom stereocenters. The molecule has 0 spiro atoms. The standard InChI is InChI=1S/C28H28FN7O2S/c1-17(37)31-28-33-22-8-7-20-25(18-5-4-11-30-16-18)34-36(26(20)27(22)39-28)23-9-6-19(15-21(23)29)32-24(38)10-14-35-12-2-3-13-35/h4-6,9,11,15-16H,2-3,7-8,10,12-14H2,1H3,(H,32,38)(H,31,33,37). The summed E-state index contributed by atoms with van der Waals surface area (Å²) in [6.45, 7) is 4.21. The lowest BCUT2D eigenvalue weighted by molar-refractivity contribution is -0.116. The maximum atomic E-state index is 15.7. The SMILES string of the molecule is CC(=O)Nc1nc2c(s1)-c1c(c(-c3cccnc3)nn1-c1ccc(NC(=O)CCN3CCCC3)cc1F)CC2. The van der Waals surface area contributed by atoms with E-state index in [2.05, 4.69) is 25.5 Å². The average molecular weight is 546 g/mol. The summed E-state index contributed by atoms with van der Waals surface area (Å²) in [7, 11) is 0. The van der Waals surface area contributed by atoms with Crippen molar-refractivity contribution >= 4 is 34.0 Å². The Morgan fingerprint density at radius 3 is 2.72 bits per heavy atom. The molecular weight excluding hydrogens is 517 g/mol. The number of hydrogen-bond acceptors (Lipinski definition) is 7. The van der Waals surface area contributed by atoms with Gasteiger partial charge < -0.3 is 15.5 Å². The van der Waals surface area contributed by atoms with Crippen LogP contribution in [0, 0.1) is 5.82 Å². The van der Waals surface area contributed by atoms with Gasteiger partial charge in [0.05, 0.1) is 22.0 Å². The van der Waals surface area contributed by atoms with Crippen LogP contribution in [0.3, 0.4) is 0 Å². The molecule has 4 heterocycles. The van der Waals surface area contributed by atoms with E-state index in [4.69, 9.17) is 5.10 Å². The second-order valence-corrected chi connectivity index (χ2v) is 10.8. The van der Waals surface area contributed by atoms with Gasteiger partial charge in [-0.1, -0.05) is 11.3 Å². The lowest BCUT2D eigenvalue weighted by Gasteiger charge is -2.15. The number of hydrogen-bond donors (Lipinski definition) is 2. The smallest absolute Gasteiger partial charge is 0.225 e. The summed E-state index contributed by atoms with van der Waals surface area (Å²) in [5.41, 5.74) is 4.82. The Morgan fingerprint density at radius 1 is 1.13 bits per heavy atom. The molecule has 11 heteroatoms. The first kappa shape index (κ1) is 25.3. The number of thiazole rings is 1. The molecule has 0 saturated carbocycles. The normalized spacial score (nSPS) is 14.6. The number of rotatable bonds is 7. The maximum Gasteiger partial charge on any atom is 0.225 e. The topological polar surface area (TPSA) is 105 Å². The molecule has 0 radical (unpaired) electrons. The van der Waals surface area contributed by atoms with Gasteiger partial charge in [-0.15, -0.1) is 0 Å². The second kappa shape index (κ2) is 10.7. The van der Waals surface area contributed by atoms with Crippen LogP contribution in [-0.2, 0) is 22.4 Å². The quantitative estimate of drug-likeness (QED) is 0.350. The van der Waals surface area contributed by atoms with Gasteiger partial charge in [-0.05, 0) is 69.1 Å². The molecule has 2 N–H and O–H groups in total. The van der Waals surface area contributed by atoms with E-state index < -0.39 is 5.82 Å². The van der Waals surface area contributed by atoms with Gasteiger partial charge in [0.15, 0.2) is 10.9 Å². The van der Waals surface area contributed by atoms with Crippen LogP contribution in [0.15, 0.2) is 42.7 Å². The van der Waals surface area contributed by atoms with Crippen LogP contribution in [0.25, 0.3) is 27.5 Å². The zero-order chi connectivity index (χ0) is 26.9. The van der Waals surface area contributed by atoms with Crippen LogP contribution in [0.1, 0.15) is 37.4 Å². The van der Waals surface area contributed by atoms with Crippen molar-refractivity contribution in [2.75, 3.05) is 30.3 Å². The summed E-state index contributed by atoms with van der Waals surface area (Å²) in [6.07, 6.45) is 7.51. The number of halogens is 1. The lowest BCUT2D eigenvalue weighted by atomic mass is 9.95. The zero-order valence-electron chi connectivity index (χ0n) is 21.5. The monoisotopic (exact) mass is 545 g/mol. The number of fused-ring (bicyclic) bond motifs is 3. The van der Waals surface area contributed by atoms with Crippen LogP contribution in [0.4, 0.5) is 15.2 Å². The highest BCUT2D eigenvalue weighted by Gasteiger charge is 2.30. The van der Waals surface area contributed by atoms with Crippen molar-refractivity contribution < 1.29 is 14.0 Å². The van der Waals surface area contributed by atoms with E-state index in [9.17, 15) is 9.59 Å². The Labute approximate surface area is 229 Å². The number of pyridine rings is 1. The Bertz CT molecular complexity index is 1540. The fraction of sp³-hybridized carbons (Fsp3) is 0.321. The molecule has 200 valence electrons. The van der Waals surface area contributed by atoms with Gasteiger partial charge >= 0.3 is 0 Å². The maximum absolute atomic E-state index is 15.7. The molecule has 1 saturated heterocycles. The number of nitrogens with zero attached hydrogens (tertiary/aromatic N) is 5. The molecular formula is C28H28FN7O2S. The molecule has 0 atom stereocenters. The summed E-state index contributed by atoms with van der Waals surface area (Å²) in [5.74, 6) is -0.840. The number of aromatic nitrogens is 4. The number of benzene rings is 1. The van der Waals surface area contributed by atoms with Crippen molar-refractivity contribution in [3.8, 4) is 27.5 Å². The van der Waals surface area contributed by atoms with Crippen molar-refractivity contribution in [1.29, 1.82) is 0 Å². The van der Waals surface area contributed by atoms with Crippen LogP contribution < -0.4 is 10.6 Å². The van der Waals surface area contributed by atoms with Crippen molar-refractivity contribution in [3.05, 3.63) is 59.8 Å². The van der Waals surface area contributed by atoms with Gasteiger partial charge in [-0.2, -0.15) is 5.10 Å². The summed E-state index contributed by atoms with van der Waals surface area (Å²) < 4.78 is 17.3. The summed E-state index contributed by atoms with van der Waals surface area (Å²) in [6, 6.07) is 8.44. The van der Waals surface area contributed by atoms with E-state index in [0.29, 0.717) is 36.6 Å². The predicted octanol–water partition coefficient (Wildman–Crippen LogP) is 4.68. The van der Waals surface area contributed by atoms with Crippen molar-refractivity contribution in [3.63, 3.8) is 0 Å². The molecule has 1 fully saturated rings. The van der Waals surface area contributed by atoms with E-state index in [1.165, 1.54) is 37.2 Å². The second-order valence-electron chi connectivity index (χ2n) is 9.82. The van der Waals surface area contributed by atoms with E-state index in [0.717, 1.165) is 46.2 Å². The molecule has 4 aromatic rings. The Morgan fingerprint density at radius 2 is 1.97 bits per heavy atom. The molecule has 6 rings (SSSR count). The number of likely N-dealkylation sites (tertiary alicyclic amines) is 1. The highest BCUT2D eigenvalue weighted by molar-refractivity contribution is 7.19. The molecule has 39 heavy (non-hydrogen) atoms. The Hall–Kier alpha value is -3.96. The first-order valence-electron chi connectivity index (χ1n) is 13.1. The molecule has 1 aromatic carbocycles. The summed E-state index contributed by atoms with van der Waals surface area (Å²) in [4.78, 5) is 36.1. The van der Waals surface area contributed by atoms with Crippen LogP contribution >= 0.6 is 11.3 Å². The van der Waals surface area contributed by atoms with Crippen molar-refractivity contribution in [2.45, 2.75) is 39.0 Å². The summed E-state index contributed by atoms with van der Waals surface area (Å²) in [5, 5.41) is 11.0. The minimum Gasteiger partial charge on any atom is -0.326 e. The van der Waals surface area contributed by atoms with E-state index in [-0.39, 0.29) is 17.5 Å². The van der Waals surface area contributed by atoms with Crippen LogP contribution in [0.5, 0.6) is 0 Å². The van der Waals surface area contributed by atoms with Gasteiger partial charge in [-0.25, -0.2) is 14.1 Å². The number of anilines is 2. The van der Waals surface area contributed by atoms with Crippen molar-refractivity contribution in [2.24, 2.45) is 0 Å². The van der Waals surface area contributed by atoms with Gasteiger partial charge in [0, 0.05) is 49.1 Å². The Kier molecular flexibility index (Phi) is 6.92. The third-order valence-electron chi connectivity index (χ3n) is 7.04. The van der Waals surface area contributed by atoms with Crippen molar-refractivity contribution in [1.82, 2.24) is 24.6 Å². The third kappa shape index (κ3) is 5.19. The minimum absolute atomic E-state index is 0.135. The molecule has 2 amide bonds. The fourth-order valence-electron chi connectivity index (χ4n) is 5.23. The van der Waals surface area contributed by atoms with Gasteiger partial charge in [0.2, 0.25) is 11.8 Å². The molecule has 1 aliphatic heterocycles. The van der Waals surface area contributed by atoms with E-state index in [1.807, 2.05) is 12.1 Å². The highest BCUT2D eigenvalue weighted by atomic mass is 32.1. The van der Waals surface area contributed by atoms with Gasteiger partial charge in [0.1, 0.15) is 5.69 Å². The number of nitrogens with one attached hydrogen (secondary N) is 2.